The Balaban J connectivity index is 3.32. The van der Waals surface area contributed by atoms with Gasteiger partial charge in [-0.1, -0.05) is 0 Å². The molecule has 0 fully saturated rings. The lowest BCUT2D eigenvalue weighted by molar-refractivity contribution is -0.630. The summed E-state index contributed by atoms with van der Waals surface area (Å²) in [5.74, 6) is 0. The Labute approximate surface area is 38.0 Å². The molecule has 0 atom stereocenters. The lowest BCUT2D eigenvalue weighted by Gasteiger charge is -1.71. The van der Waals surface area contributed by atoms with Crippen molar-refractivity contribution in [3.63, 3.8) is 0 Å². The molecule has 0 aliphatic carbocycles. The molecule has 2 radical (unpaired) electrons. The van der Waals surface area contributed by atoms with Gasteiger partial charge in [0.25, 0.3) is 0 Å². The van der Waals surface area contributed by atoms with Crippen LogP contribution in [0.2, 0.25) is 0 Å². The maximum absolute atomic E-state index is 9.06. The van der Waals surface area contributed by atoms with E-state index in [1.165, 1.54) is 0 Å². The topological polar surface area (TPSA) is 86.3 Å². The quantitative estimate of drug-likeness (QED) is 0.269. The number of hydrogen-bond acceptors (Lipinski definition) is 4. The van der Waals surface area contributed by atoms with Gasteiger partial charge in [0, 0.05) is 0 Å². The predicted molar refractivity (Wildman–Crippen MR) is 17.2 cm³/mol. The Hall–Kier alpha value is -1.20. The first-order chi connectivity index (χ1) is 3.13. The second-order valence-corrected chi connectivity index (χ2v) is 0.614. The highest BCUT2D eigenvalue weighted by molar-refractivity contribution is 4.19. The molecule has 0 spiro atoms. The van der Waals surface area contributed by atoms with Crippen LogP contribution in [-0.2, 0) is 0 Å². The van der Waals surface area contributed by atoms with Crippen LogP contribution in [-0.4, -0.2) is 9.85 Å². The van der Waals surface area contributed by atoms with E-state index in [4.69, 9.17) is 20.2 Å². The van der Waals surface area contributed by atoms with Gasteiger partial charge < -0.3 is 0 Å². The van der Waals surface area contributed by atoms with E-state index in [2.05, 4.69) is 0 Å². The normalized spacial score (nSPS) is 8.00. The zero-order chi connectivity index (χ0) is 5.86. The van der Waals surface area contributed by atoms with E-state index in [1.807, 2.05) is 0 Å². The second-order valence-electron chi connectivity index (χ2n) is 0.614. The number of rotatable bonds is 2. The molecule has 0 amide bonds. The van der Waals surface area contributed by atoms with E-state index >= 15 is 0 Å². The molecule has 7 heavy (non-hydrogen) atoms. The zero-order valence-corrected chi connectivity index (χ0v) is 3.03. The minimum absolute atomic E-state index is 0.750. The van der Waals surface area contributed by atoms with Gasteiger partial charge in [-0.2, -0.15) is 0 Å². The van der Waals surface area contributed by atoms with Crippen LogP contribution in [0.4, 0.5) is 0 Å². The maximum atomic E-state index is 9.06. The van der Waals surface area contributed by atoms with Crippen molar-refractivity contribution < 1.29 is 9.85 Å². The molecule has 0 aromatic heterocycles. The first-order valence-electron chi connectivity index (χ1n) is 1.18. The van der Waals surface area contributed by atoms with Gasteiger partial charge in [0.15, 0.2) is 0 Å². The largest absolute Gasteiger partial charge is 0.768 e. The molecule has 0 aliphatic heterocycles. The van der Waals surface area contributed by atoms with Crippen LogP contribution in [0.25, 0.3) is 0 Å². The molecule has 0 unspecified atom stereocenters. The Morgan fingerprint density at radius 2 is 1.43 bits per heavy atom. The van der Waals surface area contributed by atoms with Gasteiger partial charge >= 0.3 is 6.67 Å². The highest BCUT2D eigenvalue weighted by Gasteiger charge is 2.17. The summed E-state index contributed by atoms with van der Waals surface area (Å²) in [4.78, 5) is 15.6. The summed E-state index contributed by atoms with van der Waals surface area (Å²) in [5, 5.41) is 18.1. The average Bonchev–Trinajstić information content (AvgIpc) is 1.27. The summed E-state index contributed by atoms with van der Waals surface area (Å²) in [7, 11) is 0. The van der Waals surface area contributed by atoms with Crippen molar-refractivity contribution in [3.05, 3.63) is 26.9 Å². The average molecular weight is 104 g/mol. The smallest absolute Gasteiger partial charge is 0.257 e. The van der Waals surface area contributed by atoms with Gasteiger partial charge in [0.1, 0.15) is 9.85 Å². The van der Waals surface area contributed by atoms with Gasteiger partial charge in [0.2, 0.25) is 0 Å². The van der Waals surface area contributed by atoms with E-state index < -0.39 is 9.85 Å². The highest BCUT2D eigenvalue weighted by atomic mass is 16.7. The van der Waals surface area contributed by atoms with Crippen LogP contribution < -0.4 is 0 Å². The van der Waals surface area contributed by atoms with Crippen molar-refractivity contribution in [1.29, 1.82) is 0 Å². The Kier molecular flexibility index (Phi) is 1.71. The standard InChI is InChI=1S/CN2O4/c4-2(5)1-3(6)7. The molecule has 0 N–H and O–H groups in total. The summed E-state index contributed by atoms with van der Waals surface area (Å²) >= 11 is 0. The second kappa shape index (κ2) is 2.06. The number of nitrogens with zero attached hydrogens (tertiary/aromatic N) is 2. The molecule has 6 nitrogen and oxygen atoms in total. The monoisotopic (exact) mass is 104 g/mol. The Morgan fingerprint density at radius 1 is 1.14 bits per heavy atom. The summed E-state index contributed by atoms with van der Waals surface area (Å²) in [6.45, 7) is 0.750. The molecule has 6 heteroatoms. The third-order valence-electron chi connectivity index (χ3n) is 0.163. The highest BCUT2D eigenvalue weighted by Crippen LogP contribution is 1.75. The van der Waals surface area contributed by atoms with Gasteiger partial charge in [-0.3, -0.25) is 20.2 Å². The molecular formula is CN2O4. The van der Waals surface area contributed by atoms with Gasteiger partial charge in [-0.25, -0.2) is 0 Å². The molecule has 0 aliphatic rings. The van der Waals surface area contributed by atoms with Crippen molar-refractivity contribution in [2.45, 2.75) is 0 Å². The first-order valence-corrected chi connectivity index (χ1v) is 1.18. The van der Waals surface area contributed by atoms with Crippen molar-refractivity contribution in [2.24, 2.45) is 0 Å². The van der Waals surface area contributed by atoms with Crippen molar-refractivity contribution in [2.75, 3.05) is 0 Å². The molecule has 38 valence electrons. The van der Waals surface area contributed by atoms with Crippen LogP contribution in [0.15, 0.2) is 0 Å². The summed E-state index contributed by atoms with van der Waals surface area (Å²) in [5.41, 5.74) is 0. The van der Waals surface area contributed by atoms with Gasteiger partial charge in [-0.15, -0.1) is 0 Å². The van der Waals surface area contributed by atoms with E-state index in [1.54, 1.807) is 0 Å². The fourth-order valence-corrected chi connectivity index (χ4v) is 0.0667. The van der Waals surface area contributed by atoms with Crippen molar-refractivity contribution in [3.8, 4) is 0 Å². The lowest BCUT2D eigenvalue weighted by Crippen LogP contribution is -2.02. The minimum atomic E-state index is -1.25. The Bertz CT molecular complexity index is 85.9. The lowest BCUT2D eigenvalue weighted by atomic mass is 11.2. The molecule has 0 saturated carbocycles. The van der Waals surface area contributed by atoms with E-state index in [0.717, 1.165) is 6.67 Å². The number of nitro groups is 2. The van der Waals surface area contributed by atoms with Crippen LogP contribution in [0.3, 0.4) is 0 Å². The third-order valence-corrected chi connectivity index (χ3v) is 0.163. The van der Waals surface area contributed by atoms with Crippen LogP contribution >= 0.6 is 0 Å². The predicted octanol–water partition coefficient (Wildman–Crippen LogP) is -0.464. The molecule has 0 bridgehead atoms. The number of hydrogen-bond donors (Lipinski definition) is 0. The molecular weight excluding hydrogens is 104 g/mol. The molecule has 0 heterocycles. The first kappa shape index (κ1) is 5.80. The fraction of sp³-hybridized carbons (Fsp3) is 0. The minimum Gasteiger partial charge on any atom is -0.257 e. The SMILES string of the molecule is O=[N+]([O-])[C][N+](=O)[O-]. The summed E-state index contributed by atoms with van der Waals surface area (Å²) < 4.78 is 0. The molecule has 0 aromatic rings. The molecule has 0 saturated heterocycles. The van der Waals surface area contributed by atoms with E-state index in [0.29, 0.717) is 0 Å². The summed E-state index contributed by atoms with van der Waals surface area (Å²) in [6, 6.07) is 0. The molecule has 0 rings (SSSR count). The van der Waals surface area contributed by atoms with Crippen LogP contribution in [0, 0.1) is 26.9 Å². The van der Waals surface area contributed by atoms with E-state index in [-0.39, 0.29) is 0 Å². The summed E-state index contributed by atoms with van der Waals surface area (Å²) in [6.07, 6.45) is 0. The van der Waals surface area contributed by atoms with E-state index in [9.17, 15) is 0 Å². The van der Waals surface area contributed by atoms with Crippen LogP contribution in [0.1, 0.15) is 0 Å². The maximum Gasteiger partial charge on any atom is 0.768 e. The third kappa shape index (κ3) is 4.80. The van der Waals surface area contributed by atoms with Crippen LogP contribution in [0.5, 0.6) is 0 Å². The van der Waals surface area contributed by atoms with Crippen molar-refractivity contribution >= 4 is 0 Å². The fourth-order valence-electron chi connectivity index (χ4n) is 0.0667. The van der Waals surface area contributed by atoms with Gasteiger partial charge in [0.05, 0.1) is 0 Å². The Morgan fingerprint density at radius 3 is 1.43 bits per heavy atom. The molecule has 0 aromatic carbocycles. The zero-order valence-electron chi connectivity index (χ0n) is 3.03. The van der Waals surface area contributed by atoms with Gasteiger partial charge in [-0.05, 0) is 0 Å². The van der Waals surface area contributed by atoms with Crippen molar-refractivity contribution in [1.82, 2.24) is 0 Å².